The number of allylic oxidation sites excluding steroid dienone is 1. The lowest BCUT2D eigenvalue weighted by atomic mass is 10.0. The van der Waals surface area contributed by atoms with Crippen LogP contribution in [0.5, 0.6) is 0 Å². The Kier molecular flexibility index (Phi) is 5.06. The number of aryl methyl sites for hydroxylation is 1. The van der Waals surface area contributed by atoms with E-state index >= 15 is 0 Å². The van der Waals surface area contributed by atoms with Crippen molar-refractivity contribution in [3.8, 4) is 11.3 Å². The summed E-state index contributed by atoms with van der Waals surface area (Å²) < 4.78 is 0. The highest BCUT2D eigenvalue weighted by Crippen LogP contribution is 2.18. The van der Waals surface area contributed by atoms with Crippen LogP contribution >= 0.6 is 0 Å². The molecule has 21 heavy (non-hydrogen) atoms. The maximum Gasteiger partial charge on any atom is 0.130 e. The quantitative estimate of drug-likeness (QED) is 0.710. The van der Waals surface area contributed by atoms with E-state index in [1.807, 2.05) is 19.2 Å². The average molecular weight is 282 g/mol. The minimum atomic E-state index is 0.240. The van der Waals surface area contributed by atoms with Crippen molar-refractivity contribution in [3.63, 3.8) is 0 Å². The maximum atomic E-state index is 7.37. The molecular formula is C17H22N4. The van der Waals surface area contributed by atoms with Crippen molar-refractivity contribution in [3.05, 3.63) is 47.9 Å². The second kappa shape index (κ2) is 6.99. The van der Waals surface area contributed by atoms with Crippen molar-refractivity contribution >= 4 is 11.8 Å². The summed E-state index contributed by atoms with van der Waals surface area (Å²) in [5, 5.41) is 7.37. The average Bonchev–Trinajstić information content (AvgIpc) is 2.92. The number of nitrogens with two attached hydrogens (primary N) is 1. The Morgan fingerprint density at radius 2 is 2.10 bits per heavy atom. The normalized spacial score (nSPS) is 12.7. The Morgan fingerprint density at radius 3 is 2.71 bits per heavy atom. The molecule has 1 unspecified atom stereocenters. The number of nitrogens with one attached hydrogen (secondary N) is 2. The van der Waals surface area contributed by atoms with E-state index in [9.17, 15) is 0 Å². The first-order valence-electron chi connectivity index (χ1n) is 7.18. The predicted octanol–water partition coefficient (Wildman–Crippen LogP) is 3.41. The Labute approximate surface area is 125 Å². The number of hydrogen-bond acceptors (Lipinski definition) is 3. The summed E-state index contributed by atoms with van der Waals surface area (Å²) >= 11 is 0. The molecule has 1 atom stereocenters. The summed E-state index contributed by atoms with van der Waals surface area (Å²) in [6.07, 6.45) is 7.35. The van der Waals surface area contributed by atoms with Crippen LogP contribution in [0.1, 0.15) is 31.7 Å². The molecule has 2 rings (SSSR count). The molecule has 0 saturated heterocycles. The topological polar surface area (TPSA) is 78.6 Å². The third-order valence-corrected chi connectivity index (χ3v) is 3.24. The fourth-order valence-corrected chi connectivity index (χ4v) is 2.02. The number of H-pyrrole nitrogens is 1. The van der Waals surface area contributed by atoms with Crippen molar-refractivity contribution < 1.29 is 0 Å². The van der Waals surface area contributed by atoms with Crippen LogP contribution in [0.4, 0.5) is 0 Å². The van der Waals surface area contributed by atoms with Crippen molar-refractivity contribution in [1.82, 2.24) is 9.97 Å². The Balaban J connectivity index is 2.06. The minimum Gasteiger partial charge on any atom is -0.338 e. The smallest absolute Gasteiger partial charge is 0.130 e. The molecule has 0 amide bonds. The van der Waals surface area contributed by atoms with Crippen LogP contribution in [0.3, 0.4) is 0 Å². The number of aromatic amines is 1. The highest BCUT2D eigenvalue weighted by Gasteiger charge is 2.02. The molecule has 2 aromatic rings. The molecule has 0 aliphatic heterocycles. The van der Waals surface area contributed by atoms with E-state index in [0.29, 0.717) is 5.71 Å². The monoisotopic (exact) mass is 282 g/mol. The number of aromatic nitrogens is 2. The first-order valence-corrected chi connectivity index (χ1v) is 7.18. The molecule has 0 aliphatic carbocycles. The van der Waals surface area contributed by atoms with Crippen LogP contribution in [0.25, 0.3) is 17.3 Å². The lowest BCUT2D eigenvalue weighted by Crippen LogP contribution is -2.15. The van der Waals surface area contributed by atoms with Crippen molar-refractivity contribution in [1.29, 1.82) is 5.41 Å². The van der Waals surface area contributed by atoms with Crippen LogP contribution < -0.4 is 5.73 Å². The second-order valence-electron chi connectivity index (χ2n) is 5.41. The van der Waals surface area contributed by atoms with Crippen LogP contribution in [0.2, 0.25) is 0 Å². The number of imidazole rings is 1. The SMILES string of the molecule is CC(=N)/C=C\c1ncc(-c2ccc(CCC(C)N)cc2)[nH]1. The standard InChI is InChI=1S/C17H22N4/c1-12(18)3-5-14-6-8-15(9-7-14)16-11-20-17(21-16)10-4-13(2)19/h4,6-12,19H,3,5,18H2,1-2H3,(H,20,21)/b10-4-,19-13?. The molecule has 0 bridgehead atoms. The van der Waals surface area contributed by atoms with Gasteiger partial charge in [-0.05, 0) is 50.0 Å². The van der Waals surface area contributed by atoms with Gasteiger partial charge in [-0.2, -0.15) is 0 Å². The number of rotatable bonds is 6. The first-order chi connectivity index (χ1) is 10.0. The molecule has 0 saturated carbocycles. The van der Waals surface area contributed by atoms with Crippen LogP contribution in [-0.2, 0) is 6.42 Å². The zero-order chi connectivity index (χ0) is 15.2. The van der Waals surface area contributed by atoms with Gasteiger partial charge >= 0.3 is 0 Å². The number of hydrogen-bond donors (Lipinski definition) is 3. The van der Waals surface area contributed by atoms with Gasteiger partial charge in [0.05, 0.1) is 11.9 Å². The van der Waals surface area contributed by atoms with E-state index in [-0.39, 0.29) is 6.04 Å². The van der Waals surface area contributed by atoms with Gasteiger partial charge in [0.2, 0.25) is 0 Å². The Bertz CT molecular complexity index is 620. The second-order valence-corrected chi connectivity index (χ2v) is 5.41. The zero-order valence-corrected chi connectivity index (χ0v) is 12.6. The number of nitrogens with zero attached hydrogens (tertiary/aromatic N) is 1. The lowest BCUT2D eigenvalue weighted by Gasteiger charge is -2.05. The van der Waals surface area contributed by atoms with Gasteiger partial charge in [0.1, 0.15) is 5.82 Å². The fraction of sp³-hybridized carbons (Fsp3) is 0.294. The van der Waals surface area contributed by atoms with Crippen LogP contribution in [-0.4, -0.2) is 21.7 Å². The van der Waals surface area contributed by atoms with Crippen molar-refractivity contribution in [2.45, 2.75) is 32.7 Å². The molecule has 0 aliphatic rings. The predicted molar refractivity (Wildman–Crippen MR) is 88.4 cm³/mol. The van der Waals surface area contributed by atoms with Gasteiger partial charge in [-0.1, -0.05) is 24.3 Å². The molecule has 1 aromatic heterocycles. The van der Waals surface area contributed by atoms with Crippen molar-refractivity contribution in [2.24, 2.45) is 5.73 Å². The van der Waals surface area contributed by atoms with E-state index in [2.05, 4.69) is 34.2 Å². The van der Waals surface area contributed by atoms with Crippen LogP contribution in [0, 0.1) is 5.41 Å². The molecule has 4 nitrogen and oxygen atoms in total. The minimum absolute atomic E-state index is 0.240. The highest BCUT2D eigenvalue weighted by atomic mass is 14.9. The molecule has 1 aromatic carbocycles. The number of benzene rings is 1. The van der Waals surface area contributed by atoms with E-state index in [0.717, 1.165) is 29.9 Å². The molecule has 0 fully saturated rings. The molecule has 0 spiro atoms. The lowest BCUT2D eigenvalue weighted by molar-refractivity contribution is 0.666. The van der Waals surface area contributed by atoms with Gasteiger partial charge < -0.3 is 16.1 Å². The molecular weight excluding hydrogens is 260 g/mol. The highest BCUT2D eigenvalue weighted by molar-refractivity contribution is 5.93. The van der Waals surface area contributed by atoms with Gasteiger partial charge in [0.15, 0.2) is 0 Å². The molecule has 110 valence electrons. The molecule has 4 heteroatoms. The van der Waals surface area contributed by atoms with Crippen molar-refractivity contribution in [2.75, 3.05) is 0 Å². The summed E-state index contributed by atoms with van der Waals surface area (Å²) in [6, 6.07) is 8.70. The summed E-state index contributed by atoms with van der Waals surface area (Å²) in [5.74, 6) is 0.762. The van der Waals surface area contributed by atoms with Gasteiger partial charge in [-0.3, -0.25) is 0 Å². The fourth-order valence-electron chi connectivity index (χ4n) is 2.02. The first kappa shape index (κ1) is 15.2. The molecule has 1 heterocycles. The Hall–Kier alpha value is -2.20. The zero-order valence-electron chi connectivity index (χ0n) is 12.6. The van der Waals surface area contributed by atoms with E-state index < -0.39 is 0 Å². The maximum absolute atomic E-state index is 7.37. The van der Waals surface area contributed by atoms with E-state index in [4.69, 9.17) is 11.1 Å². The van der Waals surface area contributed by atoms with Gasteiger partial charge in [-0.15, -0.1) is 0 Å². The van der Waals surface area contributed by atoms with E-state index in [1.54, 1.807) is 13.0 Å². The largest absolute Gasteiger partial charge is 0.338 e. The third kappa shape index (κ3) is 4.68. The van der Waals surface area contributed by atoms with Gasteiger partial charge in [-0.25, -0.2) is 4.98 Å². The summed E-state index contributed by atoms with van der Waals surface area (Å²) in [4.78, 5) is 7.53. The van der Waals surface area contributed by atoms with Gasteiger partial charge in [0.25, 0.3) is 0 Å². The van der Waals surface area contributed by atoms with Crippen LogP contribution in [0.15, 0.2) is 36.5 Å². The molecule has 0 radical (unpaired) electrons. The third-order valence-electron chi connectivity index (χ3n) is 3.24. The summed E-state index contributed by atoms with van der Waals surface area (Å²) in [7, 11) is 0. The summed E-state index contributed by atoms with van der Waals surface area (Å²) in [5.41, 5.74) is 9.68. The summed E-state index contributed by atoms with van der Waals surface area (Å²) in [6.45, 7) is 3.77. The molecule has 4 N–H and O–H groups in total. The van der Waals surface area contributed by atoms with E-state index in [1.165, 1.54) is 5.56 Å². The van der Waals surface area contributed by atoms with Gasteiger partial charge in [0, 0.05) is 11.8 Å². The Morgan fingerprint density at radius 1 is 1.38 bits per heavy atom.